The Kier molecular flexibility index (Phi) is 6.51. The number of fused-ring (bicyclic) bond motifs is 2. The van der Waals surface area contributed by atoms with Gasteiger partial charge in [0.15, 0.2) is 0 Å². The van der Waals surface area contributed by atoms with Crippen LogP contribution in [0.1, 0.15) is 30.0 Å². The first-order valence-corrected chi connectivity index (χ1v) is 12.2. The van der Waals surface area contributed by atoms with Gasteiger partial charge < -0.3 is 4.90 Å². The summed E-state index contributed by atoms with van der Waals surface area (Å²) >= 11 is 4.51. The van der Waals surface area contributed by atoms with Crippen molar-refractivity contribution in [1.29, 1.82) is 0 Å². The number of aromatic nitrogens is 3. The van der Waals surface area contributed by atoms with Crippen LogP contribution in [0.2, 0.25) is 0 Å². The third-order valence-corrected chi connectivity index (χ3v) is 6.64. The van der Waals surface area contributed by atoms with E-state index in [4.69, 9.17) is 9.72 Å². The fourth-order valence-corrected chi connectivity index (χ4v) is 4.71. The van der Waals surface area contributed by atoms with E-state index in [1.54, 1.807) is 12.4 Å². The van der Waals surface area contributed by atoms with Crippen LogP contribution in [0.25, 0.3) is 16.7 Å². The fraction of sp³-hybridized carbons (Fsp3) is 0.259. The first-order valence-electron chi connectivity index (χ1n) is 11.7. The molecule has 2 aromatic heterocycles. The molecule has 7 nitrogen and oxygen atoms in total. The van der Waals surface area contributed by atoms with Crippen LogP contribution in [-0.4, -0.2) is 39.9 Å². The van der Waals surface area contributed by atoms with E-state index in [-0.39, 0.29) is 10.1 Å². The SMILES string of the molecule is CCO[C](=[Co])c1cn(-c2ccc3c(c2)CCC3)c2nc(Nc3ccc(N(C)C)cc3)ncc2c1=O. The molecule has 0 unspecified atom stereocenters. The zero-order valence-electron chi connectivity index (χ0n) is 20.0. The monoisotopic (exact) mass is 512 g/mol. The van der Waals surface area contributed by atoms with Crippen molar-refractivity contribution in [3.63, 3.8) is 0 Å². The number of nitrogens with one attached hydrogen (secondary N) is 1. The van der Waals surface area contributed by atoms with Crippen LogP contribution < -0.4 is 15.6 Å². The molecule has 1 aliphatic carbocycles. The van der Waals surface area contributed by atoms with Gasteiger partial charge in [-0.3, -0.25) is 0 Å². The van der Waals surface area contributed by atoms with Gasteiger partial charge in [0, 0.05) is 14.1 Å². The van der Waals surface area contributed by atoms with Gasteiger partial charge in [0.1, 0.15) is 0 Å². The summed E-state index contributed by atoms with van der Waals surface area (Å²) in [7, 11) is 4.00. The van der Waals surface area contributed by atoms with Crippen molar-refractivity contribution in [2.24, 2.45) is 0 Å². The van der Waals surface area contributed by atoms with Gasteiger partial charge in [0.05, 0.1) is 0 Å². The number of nitrogens with zero attached hydrogens (tertiary/aromatic N) is 4. The molecule has 2 heterocycles. The van der Waals surface area contributed by atoms with Gasteiger partial charge in [-0.25, -0.2) is 0 Å². The molecule has 0 bridgehead atoms. The van der Waals surface area contributed by atoms with E-state index < -0.39 is 0 Å². The van der Waals surface area contributed by atoms with E-state index >= 15 is 0 Å². The average Bonchev–Trinajstić information content (AvgIpc) is 3.33. The van der Waals surface area contributed by atoms with Gasteiger partial charge in [0.2, 0.25) is 0 Å². The standard InChI is InChI=1S/C27H27N5O2.Co/c1-4-34-17-20-16-32(23-11-8-18-6-5-7-19(18)14-23)26-24(25(20)33)15-28-27(30-26)29-21-9-12-22(13-10-21)31(2)3;/h8-16H,4-7H2,1-3H3,(H,28,29,30);. The molecule has 0 amide bonds. The first-order chi connectivity index (χ1) is 16.9. The molecule has 0 fully saturated rings. The predicted octanol–water partition coefficient (Wildman–Crippen LogP) is 4.14. The summed E-state index contributed by atoms with van der Waals surface area (Å²) in [5, 5.41) is 3.66. The molecule has 181 valence electrons. The summed E-state index contributed by atoms with van der Waals surface area (Å²) in [6.07, 6.45) is 6.66. The number of anilines is 3. The number of ether oxygens (including phenoxy) is 1. The molecule has 0 saturated carbocycles. The zero-order chi connectivity index (χ0) is 24.5. The number of hydrogen-bond acceptors (Lipinski definition) is 6. The summed E-state index contributed by atoms with van der Waals surface area (Å²) in [6.45, 7) is 2.28. The zero-order valence-corrected chi connectivity index (χ0v) is 21.0. The molecule has 8 heteroatoms. The third kappa shape index (κ3) is 4.64. The van der Waals surface area contributed by atoms with Crippen LogP contribution in [-0.2, 0) is 32.9 Å². The van der Waals surface area contributed by atoms with Crippen molar-refractivity contribution in [1.82, 2.24) is 14.5 Å². The van der Waals surface area contributed by atoms with Gasteiger partial charge in [-0.2, -0.15) is 0 Å². The molecule has 1 N–H and O–H groups in total. The molecular weight excluding hydrogens is 485 g/mol. The maximum absolute atomic E-state index is 13.3. The van der Waals surface area contributed by atoms with Crippen LogP contribution in [0.5, 0.6) is 0 Å². The second-order valence-electron chi connectivity index (χ2n) is 8.73. The molecule has 5 rings (SSSR count). The summed E-state index contributed by atoms with van der Waals surface area (Å²) in [6, 6.07) is 14.4. The molecule has 2 aromatic carbocycles. The number of pyridine rings is 1. The van der Waals surface area contributed by atoms with Gasteiger partial charge in [-0.1, -0.05) is 0 Å². The molecule has 0 aliphatic heterocycles. The Balaban J connectivity index is 1.63. The van der Waals surface area contributed by atoms with E-state index in [0.717, 1.165) is 36.3 Å². The number of benzene rings is 2. The Morgan fingerprint density at radius 2 is 1.91 bits per heavy atom. The first kappa shape index (κ1) is 23.4. The Morgan fingerprint density at radius 3 is 2.66 bits per heavy atom. The Labute approximate surface area is 211 Å². The minimum absolute atomic E-state index is 0.212. The minimum atomic E-state index is -0.212. The van der Waals surface area contributed by atoms with E-state index in [1.165, 1.54) is 11.1 Å². The normalized spacial score (nSPS) is 12.6. The third-order valence-electron chi connectivity index (χ3n) is 6.21. The van der Waals surface area contributed by atoms with Crippen molar-refractivity contribution in [3.8, 4) is 5.69 Å². The quantitative estimate of drug-likeness (QED) is 0.402. The second-order valence-corrected chi connectivity index (χ2v) is 9.20. The van der Waals surface area contributed by atoms with Crippen LogP contribution in [0.3, 0.4) is 0 Å². The molecule has 0 atom stereocenters. The molecule has 0 saturated heterocycles. The predicted molar refractivity (Wildman–Crippen MR) is 137 cm³/mol. The summed E-state index contributed by atoms with van der Waals surface area (Å²) in [5.41, 5.74) is 6.31. The van der Waals surface area contributed by atoms with E-state index in [9.17, 15) is 4.79 Å². The second kappa shape index (κ2) is 9.73. The topological polar surface area (TPSA) is 72.3 Å². The van der Waals surface area contributed by atoms with Gasteiger partial charge in [-0.15, -0.1) is 0 Å². The summed E-state index contributed by atoms with van der Waals surface area (Å²) in [4.78, 5) is 24.6. The van der Waals surface area contributed by atoms with E-state index in [0.29, 0.717) is 29.2 Å². The molecule has 1 aliphatic rings. The average molecular weight is 512 g/mol. The number of aryl methyl sites for hydroxylation is 2. The summed E-state index contributed by atoms with van der Waals surface area (Å²) in [5.74, 6) is 0.413. The summed E-state index contributed by atoms with van der Waals surface area (Å²) < 4.78 is 7.77. The molecular formula is C27H27CoN5O2. The molecule has 4 aromatic rings. The van der Waals surface area contributed by atoms with Crippen LogP contribution in [0.4, 0.5) is 17.3 Å². The van der Waals surface area contributed by atoms with E-state index in [2.05, 4.69) is 43.8 Å². The van der Waals surface area contributed by atoms with Crippen LogP contribution in [0.15, 0.2) is 59.7 Å². The number of rotatable bonds is 7. The van der Waals surface area contributed by atoms with E-state index in [1.807, 2.05) is 54.8 Å². The van der Waals surface area contributed by atoms with Crippen molar-refractivity contribution < 1.29 is 20.0 Å². The van der Waals surface area contributed by atoms with Crippen molar-refractivity contribution in [2.75, 3.05) is 30.9 Å². The fourth-order valence-electron chi connectivity index (χ4n) is 4.38. The van der Waals surface area contributed by atoms with Gasteiger partial charge >= 0.3 is 193 Å². The molecule has 0 radical (unpaired) electrons. The number of hydrogen-bond donors (Lipinski definition) is 1. The Morgan fingerprint density at radius 1 is 1.14 bits per heavy atom. The van der Waals surface area contributed by atoms with Crippen molar-refractivity contribution >= 4 is 33.0 Å². The molecule has 0 spiro atoms. The van der Waals surface area contributed by atoms with Crippen molar-refractivity contribution in [3.05, 3.63) is 81.8 Å². The maximum atomic E-state index is 13.3. The van der Waals surface area contributed by atoms with Crippen LogP contribution >= 0.6 is 0 Å². The van der Waals surface area contributed by atoms with Gasteiger partial charge in [0.25, 0.3) is 0 Å². The van der Waals surface area contributed by atoms with Crippen LogP contribution in [0, 0.1) is 0 Å². The van der Waals surface area contributed by atoms with Crippen molar-refractivity contribution in [2.45, 2.75) is 26.2 Å². The Bertz CT molecular complexity index is 1480. The Hall–Kier alpha value is -3.33. The van der Waals surface area contributed by atoms with Gasteiger partial charge in [-0.05, 0) is 0 Å². The molecule has 35 heavy (non-hydrogen) atoms.